The first-order valence-corrected chi connectivity index (χ1v) is 7.71. The number of nitrogens with two attached hydrogens (primary N) is 1. The average molecular weight is 341 g/mol. The van der Waals surface area contributed by atoms with Gasteiger partial charge in [0.25, 0.3) is 0 Å². The number of nitrogens with zero attached hydrogens (tertiary/aromatic N) is 1. The molecule has 1 saturated heterocycles. The van der Waals surface area contributed by atoms with Crippen molar-refractivity contribution in [2.45, 2.75) is 6.42 Å². The van der Waals surface area contributed by atoms with Gasteiger partial charge in [0.05, 0.1) is 11.6 Å². The number of amides is 3. The Morgan fingerprint density at radius 2 is 1.80 bits per heavy atom. The van der Waals surface area contributed by atoms with Gasteiger partial charge in [-0.2, -0.15) is 0 Å². The Bertz CT molecular complexity index is 836. The van der Waals surface area contributed by atoms with Crippen LogP contribution < -0.4 is 16.0 Å². The van der Waals surface area contributed by atoms with E-state index in [-0.39, 0.29) is 30.5 Å². The van der Waals surface area contributed by atoms with Crippen LogP contribution in [0.3, 0.4) is 0 Å². The molecule has 7 heteroatoms. The summed E-state index contributed by atoms with van der Waals surface area (Å²) in [6, 6.07) is 12.1. The van der Waals surface area contributed by atoms with Gasteiger partial charge in [0.1, 0.15) is 5.82 Å². The normalized spacial score (nSPS) is 16.8. The van der Waals surface area contributed by atoms with E-state index in [1.807, 2.05) is 0 Å². The van der Waals surface area contributed by atoms with Crippen molar-refractivity contribution in [3.63, 3.8) is 0 Å². The fourth-order valence-corrected chi connectivity index (χ4v) is 2.75. The summed E-state index contributed by atoms with van der Waals surface area (Å²) < 4.78 is 13.9. The molecule has 0 bridgehead atoms. The molecule has 6 nitrogen and oxygen atoms in total. The molecule has 2 aromatic rings. The van der Waals surface area contributed by atoms with E-state index in [2.05, 4.69) is 5.32 Å². The van der Waals surface area contributed by atoms with Crippen molar-refractivity contribution in [3.8, 4) is 0 Å². The second-order valence-electron chi connectivity index (χ2n) is 5.79. The number of hydrogen-bond donors (Lipinski definition) is 2. The molecule has 0 spiro atoms. The van der Waals surface area contributed by atoms with Crippen molar-refractivity contribution in [2.24, 2.45) is 11.7 Å². The molecule has 0 radical (unpaired) electrons. The van der Waals surface area contributed by atoms with Gasteiger partial charge in [-0.15, -0.1) is 0 Å². The van der Waals surface area contributed by atoms with Gasteiger partial charge >= 0.3 is 0 Å². The lowest BCUT2D eigenvalue weighted by atomic mass is 10.1. The van der Waals surface area contributed by atoms with Gasteiger partial charge in [0.2, 0.25) is 17.7 Å². The van der Waals surface area contributed by atoms with Crippen molar-refractivity contribution >= 4 is 29.1 Å². The lowest BCUT2D eigenvalue weighted by Gasteiger charge is -2.17. The minimum Gasteiger partial charge on any atom is -0.366 e. The van der Waals surface area contributed by atoms with Crippen molar-refractivity contribution < 1.29 is 18.8 Å². The fourth-order valence-electron chi connectivity index (χ4n) is 2.75. The number of nitrogens with one attached hydrogen (secondary N) is 1. The summed E-state index contributed by atoms with van der Waals surface area (Å²) in [5.41, 5.74) is 6.16. The van der Waals surface area contributed by atoms with E-state index >= 15 is 0 Å². The van der Waals surface area contributed by atoms with Crippen LogP contribution in [0.1, 0.15) is 16.8 Å². The Hall–Kier alpha value is -3.22. The Balaban J connectivity index is 1.68. The smallest absolute Gasteiger partial charge is 0.248 e. The fraction of sp³-hybridized carbons (Fsp3) is 0.167. The SMILES string of the molecule is NC(=O)c1ccc(NC(=O)[C@H]2CC(=O)N(c3ccccc3F)C2)cc1. The third-order valence-corrected chi connectivity index (χ3v) is 4.08. The van der Waals surface area contributed by atoms with Crippen molar-refractivity contribution in [3.05, 3.63) is 59.9 Å². The highest BCUT2D eigenvalue weighted by Crippen LogP contribution is 2.28. The topological polar surface area (TPSA) is 92.5 Å². The number of carbonyl (C=O) groups is 3. The molecule has 1 atom stereocenters. The summed E-state index contributed by atoms with van der Waals surface area (Å²) in [5, 5.41) is 2.69. The molecule has 25 heavy (non-hydrogen) atoms. The summed E-state index contributed by atoms with van der Waals surface area (Å²) in [6.07, 6.45) is 0.0134. The second-order valence-corrected chi connectivity index (χ2v) is 5.79. The van der Waals surface area contributed by atoms with Crippen LogP contribution in [0, 0.1) is 11.7 Å². The highest BCUT2D eigenvalue weighted by Gasteiger charge is 2.36. The van der Waals surface area contributed by atoms with Gasteiger partial charge < -0.3 is 16.0 Å². The molecule has 1 aliphatic rings. The first kappa shape index (κ1) is 16.6. The van der Waals surface area contributed by atoms with Gasteiger partial charge in [-0.25, -0.2) is 4.39 Å². The van der Waals surface area contributed by atoms with Gasteiger partial charge in [-0.1, -0.05) is 12.1 Å². The van der Waals surface area contributed by atoms with Crippen LogP contribution in [-0.2, 0) is 9.59 Å². The van der Waals surface area contributed by atoms with Gasteiger partial charge in [0.15, 0.2) is 0 Å². The number of halogens is 1. The largest absolute Gasteiger partial charge is 0.366 e. The molecule has 0 aliphatic carbocycles. The quantitative estimate of drug-likeness (QED) is 0.890. The van der Waals surface area contributed by atoms with Crippen LogP contribution in [0.25, 0.3) is 0 Å². The van der Waals surface area contributed by atoms with E-state index in [0.717, 1.165) is 0 Å². The zero-order valence-electron chi connectivity index (χ0n) is 13.2. The highest BCUT2D eigenvalue weighted by molar-refractivity contribution is 6.03. The Morgan fingerprint density at radius 1 is 1.12 bits per heavy atom. The monoisotopic (exact) mass is 341 g/mol. The second kappa shape index (κ2) is 6.72. The molecule has 1 aliphatic heterocycles. The van der Waals surface area contributed by atoms with Crippen LogP contribution in [0.5, 0.6) is 0 Å². The van der Waals surface area contributed by atoms with Crippen molar-refractivity contribution in [1.82, 2.24) is 0 Å². The first-order chi connectivity index (χ1) is 12.0. The summed E-state index contributed by atoms with van der Waals surface area (Å²) in [4.78, 5) is 36.8. The lowest BCUT2D eigenvalue weighted by Crippen LogP contribution is -2.28. The van der Waals surface area contributed by atoms with Crippen LogP contribution in [0.15, 0.2) is 48.5 Å². The third-order valence-electron chi connectivity index (χ3n) is 4.08. The summed E-state index contributed by atoms with van der Waals surface area (Å²) in [6.45, 7) is 0.116. The maximum Gasteiger partial charge on any atom is 0.248 e. The summed E-state index contributed by atoms with van der Waals surface area (Å²) in [5.74, 6) is -2.27. The molecule has 3 N–H and O–H groups in total. The van der Waals surface area contributed by atoms with Crippen LogP contribution in [-0.4, -0.2) is 24.3 Å². The van der Waals surface area contributed by atoms with Crippen LogP contribution >= 0.6 is 0 Å². The molecule has 0 unspecified atom stereocenters. The number of carbonyl (C=O) groups excluding carboxylic acids is 3. The molecule has 128 valence electrons. The van der Waals surface area contributed by atoms with Gasteiger partial charge in [-0.05, 0) is 36.4 Å². The Morgan fingerprint density at radius 3 is 2.44 bits per heavy atom. The number of rotatable bonds is 4. The predicted molar refractivity (Wildman–Crippen MR) is 90.4 cm³/mol. The van der Waals surface area contributed by atoms with E-state index in [1.165, 1.54) is 29.2 Å². The van der Waals surface area contributed by atoms with E-state index in [4.69, 9.17) is 5.73 Å². The molecule has 3 rings (SSSR count). The zero-order valence-corrected chi connectivity index (χ0v) is 13.2. The van der Waals surface area contributed by atoms with E-state index in [1.54, 1.807) is 24.3 Å². The number of primary amides is 1. The van der Waals surface area contributed by atoms with Crippen LogP contribution in [0.4, 0.5) is 15.8 Å². The third kappa shape index (κ3) is 3.50. The van der Waals surface area contributed by atoms with E-state index in [9.17, 15) is 18.8 Å². The van der Waals surface area contributed by atoms with Gasteiger partial charge in [-0.3, -0.25) is 14.4 Å². The lowest BCUT2D eigenvalue weighted by molar-refractivity contribution is -0.122. The maximum absolute atomic E-state index is 13.9. The predicted octanol–water partition coefficient (Wildman–Crippen LogP) is 1.92. The molecule has 0 saturated carbocycles. The minimum atomic E-state index is -0.581. The highest BCUT2D eigenvalue weighted by atomic mass is 19.1. The van der Waals surface area contributed by atoms with Gasteiger partial charge in [0, 0.05) is 24.2 Å². The van der Waals surface area contributed by atoms with Crippen molar-refractivity contribution in [2.75, 3.05) is 16.8 Å². The van der Waals surface area contributed by atoms with Crippen LogP contribution in [0.2, 0.25) is 0 Å². The number of para-hydroxylation sites is 1. The zero-order chi connectivity index (χ0) is 18.0. The molecule has 0 aromatic heterocycles. The standard InChI is InChI=1S/C18H16FN3O3/c19-14-3-1-2-4-15(14)22-10-12(9-16(22)23)18(25)21-13-7-5-11(6-8-13)17(20)24/h1-8,12H,9-10H2,(H2,20,24)(H,21,25)/t12-/m0/s1. The summed E-state index contributed by atoms with van der Waals surface area (Å²) in [7, 11) is 0. The molecule has 1 fully saturated rings. The Labute approximate surface area is 143 Å². The minimum absolute atomic E-state index is 0.0134. The molecular weight excluding hydrogens is 325 g/mol. The number of benzene rings is 2. The average Bonchev–Trinajstić information content (AvgIpc) is 2.97. The maximum atomic E-state index is 13.9. The van der Waals surface area contributed by atoms with Crippen molar-refractivity contribution in [1.29, 1.82) is 0 Å². The molecule has 2 aromatic carbocycles. The number of anilines is 2. The van der Waals surface area contributed by atoms with E-state index in [0.29, 0.717) is 11.3 Å². The van der Waals surface area contributed by atoms with E-state index < -0.39 is 17.6 Å². The molecule has 1 heterocycles. The molecular formula is C18H16FN3O3. The first-order valence-electron chi connectivity index (χ1n) is 7.71. The Kier molecular flexibility index (Phi) is 4.47. The summed E-state index contributed by atoms with van der Waals surface area (Å²) >= 11 is 0. The number of hydrogen-bond acceptors (Lipinski definition) is 3. The molecule has 3 amide bonds.